The van der Waals surface area contributed by atoms with E-state index < -0.39 is 0 Å². The maximum atomic E-state index is 11.2. The largest absolute Gasteiger partial charge is 0.468 e. The molecular formula is C11H23NO3. The summed E-state index contributed by atoms with van der Waals surface area (Å²) in [5.74, 6) is -0.240. The van der Waals surface area contributed by atoms with Crippen LogP contribution in [-0.2, 0) is 14.3 Å². The van der Waals surface area contributed by atoms with Crippen LogP contribution in [0.15, 0.2) is 0 Å². The SMILES string of the molecule is CCC(C)(C)OCCC(NC)C(=O)OC. The maximum Gasteiger partial charge on any atom is 0.322 e. The number of methoxy groups -OCH3 is 1. The van der Waals surface area contributed by atoms with Gasteiger partial charge in [-0.1, -0.05) is 6.92 Å². The lowest BCUT2D eigenvalue weighted by Gasteiger charge is -2.24. The number of nitrogens with one attached hydrogen (secondary N) is 1. The third-order valence-corrected chi connectivity index (χ3v) is 2.58. The third-order valence-electron chi connectivity index (χ3n) is 2.58. The number of hydrogen-bond donors (Lipinski definition) is 1. The average molecular weight is 217 g/mol. The van der Waals surface area contributed by atoms with E-state index in [0.29, 0.717) is 13.0 Å². The zero-order chi connectivity index (χ0) is 11.9. The Labute approximate surface area is 92.3 Å². The van der Waals surface area contributed by atoms with E-state index in [1.54, 1.807) is 7.05 Å². The van der Waals surface area contributed by atoms with Gasteiger partial charge in [0.1, 0.15) is 6.04 Å². The molecule has 0 spiro atoms. The molecule has 4 heteroatoms. The van der Waals surface area contributed by atoms with Crippen molar-refractivity contribution in [2.75, 3.05) is 20.8 Å². The number of hydrogen-bond acceptors (Lipinski definition) is 4. The summed E-state index contributed by atoms with van der Waals surface area (Å²) in [5.41, 5.74) is -0.117. The van der Waals surface area contributed by atoms with Gasteiger partial charge in [0, 0.05) is 6.61 Å². The Morgan fingerprint density at radius 3 is 2.47 bits per heavy atom. The summed E-state index contributed by atoms with van der Waals surface area (Å²) in [5, 5.41) is 2.90. The van der Waals surface area contributed by atoms with Crippen LogP contribution in [0.5, 0.6) is 0 Å². The van der Waals surface area contributed by atoms with Crippen molar-refractivity contribution in [2.45, 2.75) is 45.3 Å². The van der Waals surface area contributed by atoms with Crippen LogP contribution < -0.4 is 5.32 Å². The number of carbonyl (C=O) groups is 1. The van der Waals surface area contributed by atoms with Gasteiger partial charge in [0.15, 0.2) is 0 Å². The van der Waals surface area contributed by atoms with E-state index in [0.717, 1.165) is 6.42 Å². The summed E-state index contributed by atoms with van der Waals surface area (Å²) in [6, 6.07) is -0.275. The number of rotatable bonds is 7. The van der Waals surface area contributed by atoms with Gasteiger partial charge in [-0.25, -0.2) is 0 Å². The van der Waals surface area contributed by atoms with E-state index >= 15 is 0 Å². The van der Waals surface area contributed by atoms with Gasteiger partial charge in [-0.05, 0) is 33.7 Å². The highest BCUT2D eigenvalue weighted by Crippen LogP contribution is 2.14. The second kappa shape index (κ2) is 6.80. The van der Waals surface area contributed by atoms with Crippen molar-refractivity contribution in [3.05, 3.63) is 0 Å². The molecule has 0 aliphatic rings. The zero-order valence-electron chi connectivity index (χ0n) is 10.4. The molecule has 0 radical (unpaired) electrons. The normalized spacial score (nSPS) is 13.7. The second-order valence-electron chi connectivity index (χ2n) is 4.11. The van der Waals surface area contributed by atoms with Crippen molar-refractivity contribution in [3.63, 3.8) is 0 Å². The first kappa shape index (κ1) is 14.4. The van der Waals surface area contributed by atoms with E-state index in [2.05, 4.69) is 17.0 Å². The molecule has 0 aliphatic heterocycles. The molecule has 0 aromatic carbocycles. The Bertz CT molecular complexity index is 192. The Morgan fingerprint density at radius 1 is 1.47 bits per heavy atom. The van der Waals surface area contributed by atoms with Crippen molar-refractivity contribution in [1.82, 2.24) is 5.32 Å². The van der Waals surface area contributed by atoms with Gasteiger partial charge in [0.25, 0.3) is 0 Å². The van der Waals surface area contributed by atoms with Gasteiger partial charge >= 0.3 is 5.97 Å². The molecule has 1 unspecified atom stereocenters. The fourth-order valence-electron chi connectivity index (χ4n) is 1.08. The quantitative estimate of drug-likeness (QED) is 0.654. The molecule has 0 saturated heterocycles. The number of likely N-dealkylation sites (N-methyl/N-ethyl adjacent to an activating group) is 1. The van der Waals surface area contributed by atoms with Crippen LogP contribution in [0.4, 0.5) is 0 Å². The molecule has 0 amide bonds. The van der Waals surface area contributed by atoms with E-state index in [4.69, 9.17) is 4.74 Å². The summed E-state index contributed by atoms with van der Waals surface area (Å²) < 4.78 is 10.3. The van der Waals surface area contributed by atoms with Crippen LogP contribution >= 0.6 is 0 Å². The average Bonchev–Trinajstić information content (AvgIpc) is 2.23. The van der Waals surface area contributed by atoms with Crippen LogP contribution in [0.25, 0.3) is 0 Å². The molecular weight excluding hydrogens is 194 g/mol. The molecule has 4 nitrogen and oxygen atoms in total. The van der Waals surface area contributed by atoms with Crippen LogP contribution in [-0.4, -0.2) is 38.4 Å². The second-order valence-corrected chi connectivity index (χ2v) is 4.11. The first-order valence-electron chi connectivity index (χ1n) is 5.36. The first-order valence-corrected chi connectivity index (χ1v) is 5.36. The predicted molar refractivity (Wildman–Crippen MR) is 59.8 cm³/mol. The smallest absolute Gasteiger partial charge is 0.322 e. The molecule has 0 aromatic heterocycles. The fourth-order valence-corrected chi connectivity index (χ4v) is 1.08. The molecule has 0 fully saturated rings. The van der Waals surface area contributed by atoms with Crippen LogP contribution in [0.1, 0.15) is 33.6 Å². The maximum absolute atomic E-state index is 11.2. The lowest BCUT2D eigenvalue weighted by Crippen LogP contribution is -2.37. The summed E-state index contributed by atoms with van der Waals surface area (Å²) in [7, 11) is 3.13. The number of carbonyl (C=O) groups excluding carboxylic acids is 1. The number of ether oxygens (including phenoxy) is 2. The zero-order valence-corrected chi connectivity index (χ0v) is 10.4. The van der Waals surface area contributed by atoms with Gasteiger partial charge in [-0.15, -0.1) is 0 Å². The fraction of sp³-hybridized carbons (Fsp3) is 0.909. The van der Waals surface area contributed by atoms with Crippen molar-refractivity contribution in [1.29, 1.82) is 0 Å². The first-order chi connectivity index (χ1) is 6.96. The molecule has 90 valence electrons. The van der Waals surface area contributed by atoms with Crippen molar-refractivity contribution in [2.24, 2.45) is 0 Å². The molecule has 0 aromatic rings. The van der Waals surface area contributed by atoms with Gasteiger partial charge in [-0.2, -0.15) is 0 Å². The van der Waals surface area contributed by atoms with Crippen LogP contribution in [0.2, 0.25) is 0 Å². The van der Waals surface area contributed by atoms with E-state index in [1.807, 2.05) is 13.8 Å². The van der Waals surface area contributed by atoms with Crippen molar-refractivity contribution < 1.29 is 14.3 Å². The highest BCUT2D eigenvalue weighted by molar-refractivity contribution is 5.75. The van der Waals surface area contributed by atoms with E-state index in [9.17, 15) is 4.79 Å². The molecule has 1 atom stereocenters. The minimum atomic E-state index is -0.275. The Hall–Kier alpha value is -0.610. The Kier molecular flexibility index (Phi) is 6.52. The van der Waals surface area contributed by atoms with Crippen LogP contribution in [0, 0.1) is 0 Å². The molecule has 0 aliphatic carbocycles. The van der Waals surface area contributed by atoms with Gasteiger partial charge in [0.05, 0.1) is 12.7 Å². The van der Waals surface area contributed by atoms with E-state index in [-0.39, 0.29) is 17.6 Å². The topological polar surface area (TPSA) is 47.6 Å². The number of esters is 1. The molecule has 1 N–H and O–H groups in total. The van der Waals surface area contributed by atoms with E-state index in [1.165, 1.54) is 7.11 Å². The lowest BCUT2D eigenvalue weighted by atomic mass is 10.1. The predicted octanol–water partition coefficient (Wildman–Crippen LogP) is 1.34. The summed E-state index contributed by atoms with van der Waals surface area (Å²) in [6.45, 7) is 6.72. The lowest BCUT2D eigenvalue weighted by molar-refractivity contribution is -0.144. The molecule has 0 heterocycles. The molecule has 0 bridgehead atoms. The third kappa shape index (κ3) is 5.74. The summed E-state index contributed by atoms with van der Waals surface area (Å²) >= 11 is 0. The summed E-state index contributed by atoms with van der Waals surface area (Å²) in [6.07, 6.45) is 1.59. The minimum Gasteiger partial charge on any atom is -0.468 e. The van der Waals surface area contributed by atoms with Crippen LogP contribution in [0.3, 0.4) is 0 Å². The van der Waals surface area contributed by atoms with Gasteiger partial charge in [-0.3, -0.25) is 4.79 Å². The Morgan fingerprint density at radius 2 is 2.07 bits per heavy atom. The highest BCUT2D eigenvalue weighted by Gasteiger charge is 2.19. The molecule has 0 saturated carbocycles. The van der Waals surface area contributed by atoms with Gasteiger partial charge < -0.3 is 14.8 Å². The Balaban J connectivity index is 3.87. The minimum absolute atomic E-state index is 0.117. The molecule has 15 heavy (non-hydrogen) atoms. The highest BCUT2D eigenvalue weighted by atomic mass is 16.5. The summed E-state index contributed by atoms with van der Waals surface area (Å²) in [4.78, 5) is 11.2. The molecule has 0 rings (SSSR count). The van der Waals surface area contributed by atoms with Gasteiger partial charge in [0.2, 0.25) is 0 Å². The monoisotopic (exact) mass is 217 g/mol. The van der Waals surface area contributed by atoms with Crippen molar-refractivity contribution >= 4 is 5.97 Å². The van der Waals surface area contributed by atoms with Crippen molar-refractivity contribution in [3.8, 4) is 0 Å². The standard InChI is InChI=1S/C11H23NO3/c1-6-11(2,3)15-8-7-9(12-4)10(13)14-5/h9,12H,6-8H2,1-5H3.